The molecule has 0 aliphatic heterocycles. The Morgan fingerprint density at radius 3 is 2.06 bits per heavy atom. The molecule has 1 aliphatic carbocycles. The average Bonchev–Trinajstić information content (AvgIpc) is 2.84. The fraction of sp³-hybridized carbons (Fsp3) is 0.545. The number of nitrogens with one attached hydrogen (secondary N) is 1. The van der Waals surface area contributed by atoms with Crippen molar-refractivity contribution < 1.29 is 17.6 Å². The minimum atomic E-state index is -1.64. The summed E-state index contributed by atoms with van der Waals surface area (Å²) < 4.78 is 52.0. The molecule has 1 aromatic rings. The Hall–Kier alpha value is -1.33. The molecule has 1 N–H and O–H groups in total. The van der Waals surface area contributed by atoms with E-state index in [1.54, 1.807) is 0 Å². The van der Waals surface area contributed by atoms with Crippen molar-refractivity contribution in [2.75, 3.05) is 11.9 Å². The van der Waals surface area contributed by atoms with Gasteiger partial charge in [0.2, 0.25) is 11.6 Å². The van der Waals surface area contributed by atoms with Crippen molar-refractivity contribution in [3.05, 3.63) is 23.5 Å². The van der Waals surface area contributed by atoms with Crippen LogP contribution in [-0.4, -0.2) is 11.5 Å². The van der Waals surface area contributed by atoms with Crippen LogP contribution in [0.4, 0.5) is 23.2 Å². The van der Waals surface area contributed by atoms with E-state index in [1.165, 1.54) is 0 Å². The second-order valence-electron chi connectivity index (χ2n) is 4.97. The molecule has 1 heterocycles. The quantitative estimate of drug-likeness (QED) is 0.656. The zero-order valence-corrected chi connectivity index (χ0v) is 9.45. The first kappa shape index (κ1) is 12.1. The molecule has 0 bridgehead atoms. The third-order valence-electron chi connectivity index (χ3n) is 3.24. The van der Waals surface area contributed by atoms with E-state index in [1.807, 2.05) is 13.8 Å². The van der Waals surface area contributed by atoms with Crippen LogP contribution in [0.3, 0.4) is 0 Å². The summed E-state index contributed by atoms with van der Waals surface area (Å²) >= 11 is 0. The van der Waals surface area contributed by atoms with Gasteiger partial charge in [0.05, 0.1) is 0 Å². The summed E-state index contributed by atoms with van der Waals surface area (Å²) in [6.45, 7) is 4.31. The highest BCUT2D eigenvalue weighted by atomic mass is 19.2. The van der Waals surface area contributed by atoms with Gasteiger partial charge in [0, 0.05) is 6.54 Å². The summed E-state index contributed by atoms with van der Waals surface area (Å²) in [5.74, 6) is -5.99. The minimum Gasteiger partial charge on any atom is -0.380 e. The highest BCUT2D eigenvalue weighted by Gasteiger charge is 2.45. The normalized spacial score (nSPS) is 21.4. The van der Waals surface area contributed by atoms with Crippen LogP contribution in [0.5, 0.6) is 0 Å². The monoisotopic (exact) mass is 248 g/mol. The third kappa shape index (κ3) is 2.21. The zero-order chi connectivity index (χ0) is 12.8. The molecule has 2 rings (SSSR count). The highest BCUT2D eigenvalue weighted by molar-refractivity contribution is 5.45. The lowest BCUT2D eigenvalue weighted by atomic mass is 10.1. The van der Waals surface area contributed by atoms with Crippen LogP contribution >= 0.6 is 0 Å². The number of halogens is 4. The summed E-state index contributed by atoms with van der Waals surface area (Å²) in [5.41, 5.74) is -0.665. The maximum absolute atomic E-state index is 13.2. The van der Waals surface area contributed by atoms with Crippen LogP contribution in [0, 0.1) is 34.9 Å². The smallest absolute Gasteiger partial charge is 0.253 e. The Morgan fingerprint density at radius 1 is 1.18 bits per heavy atom. The first-order valence-electron chi connectivity index (χ1n) is 5.27. The van der Waals surface area contributed by atoms with Crippen molar-refractivity contribution in [1.82, 2.24) is 4.98 Å². The molecule has 1 saturated carbocycles. The van der Waals surface area contributed by atoms with E-state index < -0.39 is 29.2 Å². The summed E-state index contributed by atoms with van der Waals surface area (Å²) in [6.07, 6.45) is 0.916. The summed E-state index contributed by atoms with van der Waals surface area (Å²) in [4.78, 5) is 2.48. The largest absolute Gasteiger partial charge is 0.380 e. The van der Waals surface area contributed by atoms with Crippen LogP contribution in [0.1, 0.15) is 20.3 Å². The van der Waals surface area contributed by atoms with E-state index in [0.717, 1.165) is 6.42 Å². The number of hydrogen-bond donors (Lipinski definition) is 1. The highest BCUT2D eigenvalue weighted by Crippen LogP contribution is 2.51. The van der Waals surface area contributed by atoms with E-state index in [9.17, 15) is 17.6 Å². The van der Waals surface area contributed by atoms with Gasteiger partial charge < -0.3 is 5.32 Å². The van der Waals surface area contributed by atoms with Gasteiger partial charge in [-0.3, -0.25) is 0 Å². The second kappa shape index (κ2) is 3.85. The molecule has 2 nitrogen and oxygen atoms in total. The molecule has 1 atom stereocenters. The molecule has 0 spiro atoms. The Morgan fingerprint density at radius 2 is 1.65 bits per heavy atom. The Kier molecular flexibility index (Phi) is 2.75. The van der Waals surface area contributed by atoms with Crippen LogP contribution in [0.25, 0.3) is 0 Å². The lowest BCUT2D eigenvalue weighted by molar-refractivity contribution is 0.410. The van der Waals surface area contributed by atoms with E-state index in [0.29, 0.717) is 0 Å². The lowest BCUT2D eigenvalue weighted by Gasteiger charge is -2.10. The SMILES string of the molecule is CC1(C)CC1CNc1c(F)c(F)nc(F)c1F. The molecule has 6 heteroatoms. The van der Waals surface area contributed by atoms with Crippen molar-refractivity contribution in [1.29, 1.82) is 0 Å². The molecule has 1 aromatic heterocycles. The molecule has 0 radical (unpaired) electrons. The van der Waals surface area contributed by atoms with Crippen molar-refractivity contribution in [2.45, 2.75) is 20.3 Å². The van der Waals surface area contributed by atoms with Gasteiger partial charge in [-0.1, -0.05) is 13.8 Å². The first-order chi connectivity index (χ1) is 7.83. The number of aromatic nitrogens is 1. The van der Waals surface area contributed by atoms with Crippen LogP contribution in [0.15, 0.2) is 0 Å². The van der Waals surface area contributed by atoms with E-state index in [4.69, 9.17) is 0 Å². The van der Waals surface area contributed by atoms with Gasteiger partial charge in [0.1, 0.15) is 5.69 Å². The lowest BCUT2D eigenvalue weighted by Crippen LogP contribution is -2.13. The van der Waals surface area contributed by atoms with Crippen LogP contribution in [0.2, 0.25) is 0 Å². The maximum atomic E-state index is 13.2. The third-order valence-corrected chi connectivity index (χ3v) is 3.24. The zero-order valence-electron chi connectivity index (χ0n) is 9.45. The first-order valence-corrected chi connectivity index (χ1v) is 5.27. The summed E-state index contributed by atoms with van der Waals surface area (Å²) in [6, 6.07) is 0. The van der Waals surface area contributed by atoms with E-state index in [2.05, 4.69) is 10.3 Å². The molecule has 0 saturated heterocycles. The van der Waals surface area contributed by atoms with Gasteiger partial charge in [-0.2, -0.15) is 22.5 Å². The molecule has 1 fully saturated rings. The fourth-order valence-electron chi connectivity index (χ4n) is 1.79. The van der Waals surface area contributed by atoms with Gasteiger partial charge in [-0.05, 0) is 17.8 Å². The van der Waals surface area contributed by atoms with Crippen molar-refractivity contribution in [3.63, 3.8) is 0 Å². The predicted octanol–water partition coefficient (Wildman–Crippen LogP) is 3.10. The van der Waals surface area contributed by atoms with Crippen molar-refractivity contribution in [2.24, 2.45) is 11.3 Å². The van der Waals surface area contributed by atoms with E-state index >= 15 is 0 Å². The molecular formula is C11H12F4N2. The fourth-order valence-corrected chi connectivity index (χ4v) is 1.79. The molecule has 17 heavy (non-hydrogen) atoms. The van der Waals surface area contributed by atoms with E-state index in [-0.39, 0.29) is 17.9 Å². The summed E-state index contributed by atoms with van der Waals surface area (Å²) in [5, 5.41) is 2.41. The molecule has 0 amide bonds. The predicted molar refractivity (Wildman–Crippen MR) is 54.4 cm³/mol. The number of rotatable bonds is 3. The Labute approximate surface area is 96.0 Å². The number of nitrogens with zero attached hydrogens (tertiary/aromatic N) is 1. The Bertz CT molecular complexity index is 433. The molecule has 1 unspecified atom stereocenters. The van der Waals surface area contributed by atoms with Gasteiger partial charge in [-0.25, -0.2) is 0 Å². The molecule has 0 aromatic carbocycles. The number of pyridine rings is 1. The minimum absolute atomic E-state index is 0.115. The molecule has 1 aliphatic rings. The summed E-state index contributed by atoms with van der Waals surface area (Å²) in [7, 11) is 0. The molecule has 94 valence electrons. The van der Waals surface area contributed by atoms with Gasteiger partial charge >= 0.3 is 0 Å². The number of hydrogen-bond acceptors (Lipinski definition) is 2. The van der Waals surface area contributed by atoms with Gasteiger partial charge in [0.15, 0.2) is 0 Å². The van der Waals surface area contributed by atoms with Gasteiger partial charge in [-0.15, -0.1) is 0 Å². The second-order valence-corrected chi connectivity index (χ2v) is 4.97. The molecular weight excluding hydrogens is 236 g/mol. The van der Waals surface area contributed by atoms with Crippen molar-refractivity contribution in [3.8, 4) is 0 Å². The topological polar surface area (TPSA) is 24.9 Å². The van der Waals surface area contributed by atoms with Crippen molar-refractivity contribution >= 4 is 5.69 Å². The van der Waals surface area contributed by atoms with Crippen LogP contribution < -0.4 is 5.32 Å². The van der Waals surface area contributed by atoms with Gasteiger partial charge in [0.25, 0.3) is 11.9 Å². The average molecular weight is 248 g/mol. The maximum Gasteiger partial charge on any atom is 0.253 e. The van der Waals surface area contributed by atoms with Crippen LogP contribution in [-0.2, 0) is 0 Å². The number of anilines is 1. The standard InChI is InChI=1S/C11H12F4N2/c1-11(2)3-5(11)4-16-8-6(12)9(14)17-10(15)7(8)13/h5H,3-4H2,1-2H3,(H,16,17). The Balaban J connectivity index is 2.15.